The number of aromatic nitrogens is 10. The van der Waals surface area contributed by atoms with E-state index in [-0.39, 0.29) is 0 Å². The van der Waals surface area contributed by atoms with Gasteiger partial charge in [0.1, 0.15) is 0 Å². The first-order valence-electron chi connectivity index (χ1n) is 29.5. The number of hydrogen-bond donors (Lipinski definition) is 0. The van der Waals surface area contributed by atoms with Gasteiger partial charge in [0, 0.05) is 76.7 Å². The molecule has 0 radical (unpaired) electrons. The summed E-state index contributed by atoms with van der Waals surface area (Å²) in [5, 5.41) is 9.07. The summed E-state index contributed by atoms with van der Waals surface area (Å²) < 4.78 is 9.23. The van der Waals surface area contributed by atoms with Crippen LogP contribution in [0.3, 0.4) is 0 Å². The van der Waals surface area contributed by atoms with Crippen molar-refractivity contribution in [2.24, 2.45) is 0 Å². The Balaban J connectivity index is 0.799. The molecule has 0 atom stereocenters. The van der Waals surface area contributed by atoms with E-state index in [1.165, 1.54) is 0 Å². The Morgan fingerprint density at radius 3 is 1.10 bits per heavy atom. The lowest BCUT2D eigenvalue weighted by atomic mass is 10.0. The summed E-state index contributed by atoms with van der Waals surface area (Å²) >= 11 is 0. The maximum Gasteiger partial charge on any atom is 0.238 e. The van der Waals surface area contributed by atoms with Crippen molar-refractivity contribution < 1.29 is 0 Å². The topological polar surface area (TPSA) is 97.1 Å². The Morgan fingerprint density at radius 1 is 0.193 bits per heavy atom. The lowest BCUT2D eigenvalue weighted by Crippen LogP contribution is -2.06. The minimum Gasteiger partial charge on any atom is -0.309 e. The van der Waals surface area contributed by atoms with Gasteiger partial charge in [0.15, 0.2) is 23.3 Å². The van der Waals surface area contributed by atoms with Crippen molar-refractivity contribution in [3.8, 4) is 79.9 Å². The molecule has 88 heavy (non-hydrogen) atoms. The maximum atomic E-state index is 5.51. The average molecular weight is 1130 g/mol. The van der Waals surface area contributed by atoms with Crippen LogP contribution in [0.1, 0.15) is 0 Å². The summed E-state index contributed by atoms with van der Waals surface area (Å²) in [6.07, 6.45) is 0. The molecule has 18 rings (SSSR count). The molecule has 0 fully saturated rings. The van der Waals surface area contributed by atoms with Crippen molar-refractivity contribution in [2.75, 3.05) is 0 Å². The Hall–Kier alpha value is -12.1. The molecule has 0 aliphatic rings. The number of nitrogens with zero attached hydrogens (tertiary/aromatic N) is 10. The maximum absolute atomic E-state index is 5.51. The van der Waals surface area contributed by atoms with E-state index in [1.807, 2.05) is 78.9 Å². The number of fused-ring (bicyclic) bond motifs is 14. The standard InChI is InChI=1S/C78H48N10/c1-5-23-49(24-6-1)73-79-74(50-25-7-2-8-26-50)82-77(81-73)87-65-42-20-15-37-60(65)70-67(87)46-45-66-69(70)59-36-14-18-40-63(59)86(66)56-34-22-30-53(48-56)52-29-21-31-54(47-52)76-80-75(51-27-9-3-10-28-51)83-78(84-76)88-62-39-17-13-35-57(62)58-43-44-68-71(72(58)88)61-38-16-19-41-64(61)85(68)55-32-11-4-12-33-55/h1-48H. The molecule has 0 amide bonds. The molecule has 6 heterocycles. The minimum atomic E-state index is 0.539. The Labute approximate surface area is 503 Å². The van der Waals surface area contributed by atoms with Crippen molar-refractivity contribution in [1.82, 2.24) is 48.2 Å². The Morgan fingerprint density at radius 2 is 0.545 bits per heavy atom. The summed E-state index contributed by atoms with van der Waals surface area (Å²) in [5.41, 5.74) is 16.3. The lowest BCUT2D eigenvalue weighted by molar-refractivity contribution is 0.953. The van der Waals surface area contributed by atoms with E-state index < -0.39 is 0 Å². The van der Waals surface area contributed by atoms with Crippen LogP contribution in [-0.4, -0.2) is 48.2 Å². The molecule has 0 N–H and O–H groups in total. The van der Waals surface area contributed by atoms with E-state index in [2.05, 4.69) is 231 Å². The molecule has 6 aromatic heterocycles. The molecule has 10 heteroatoms. The molecule has 18 aromatic rings. The van der Waals surface area contributed by atoms with E-state index in [0.29, 0.717) is 35.2 Å². The first-order chi connectivity index (χ1) is 43.7. The molecule has 410 valence electrons. The molecule has 10 nitrogen and oxygen atoms in total. The fourth-order valence-corrected chi connectivity index (χ4v) is 13.5. The van der Waals surface area contributed by atoms with E-state index in [0.717, 1.165) is 132 Å². The normalized spacial score (nSPS) is 11.9. The highest BCUT2D eigenvalue weighted by molar-refractivity contribution is 6.29. The number of para-hydroxylation sites is 5. The van der Waals surface area contributed by atoms with Crippen LogP contribution in [-0.2, 0) is 0 Å². The van der Waals surface area contributed by atoms with Crippen LogP contribution >= 0.6 is 0 Å². The number of hydrogen-bond acceptors (Lipinski definition) is 6. The van der Waals surface area contributed by atoms with Crippen LogP contribution in [0.25, 0.3) is 167 Å². The second-order valence-corrected chi connectivity index (χ2v) is 22.2. The summed E-state index contributed by atoms with van der Waals surface area (Å²) in [6, 6.07) is 102. The van der Waals surface area contributed by atoms with Crippen LogP contribution in [0, 0.1) is 0 Å². The molecule has 0 aliphatic heterocycles. The molecule has 0 aliphatic carbocycles. The Kier molecular flexibility index (Phi) is 11.1. The zero-order chi connectivity index (χ0) is 57.8. The molecule has 0 saturated heterocycles. The van der Waals surface area contributed by atoms with Gasteiger partial charge in [-0.15, -0.1) is 0 Å². The van der Waals surface area contributed by atoms with Gasteiger partial charge in [0.2, 0.25) is 11.9 Å². The molecule has 0 saturated carbocycles. The third-order valence-corrected chi connectivity index (χ3v) is 17.3. The molecule has 0 unspecified atom stereocenters. The monoisotopic (exact) mass is 1120 g/mol. The van der Waals surface area contributed by atoms with E-state index >= 15 is 0 Å². The van der Waals surface area contributed by atoms with E-state index in [9.17, 15) is 0 Å². The molecular weight excluding hydrogens is 1080 g/mol. The largest absolute Gasteiger partial charge is 0.309 e. The second-order valence-electron chi connectivity index (χ2n) is 22.2. The highest BCUT2D eigenvalue weighted by atomic mass is 15.2. The van der Waals surface area contributed by atoms with E-state index in [1.54, 1.807) is 0 Å². The highest BCUT2D eigenvalue weighted by Gasteiger charge is 2.26. The summed E-state index contributed by atoms with van der Waals surface area (Å²) in [7, 11) is 0. The fraction of sp³-hybridized carbons (Fsp3) is 0. The van der Waals surface area contributed by atoms with Gasteiger partial charge in [-0.25, -0.2) is 9.97 Å². The van der Waals surface area contributed by atoms with Gasteiger partial charge in [-0.05, 0) is 83.9 Å². The first kappa shape index (κ1) is 49.3. The fourth-order valence-electron chi connectivity index (χ4n) is 13.5. The third-order valence-electron chi connectivity index (χ3n) is 17.3. The second kappa shape index (κ2) is 19.7. The quantitative estimate of drug-likeness (QED) is 0.143. The van der Waals surface area contributed by atoms with Crippen LogP contribution in [0.5, 0.6) is 0 Å². The van der Waals surface area contributed by atoms with Crippen molar-refractivity contribution in [2.45, 2.75) is 0 Å². The molecule has 0 bridgehead atoms. The zero-order valence-corrected chi connectivity index (χ0v) is 47.2. The third kappa shape index (κ3) is 7.69. The zero-order valence-electron chi connectivity index (χ0n) is 47.2. The number of rotatable bonds is 9. The predicted molar refractivity (Wildman–Crippen MR) is 358 cm³/mol. The van der Waals surface area contributed by atoms with Crippen LogP contribution in [0.15, 0.2) is 291 Å². The summed E-state index contributed by atoms with van der Waals surface area (Å²) in [4.78, 5) is 31.7. The minimum absolute atomic E-state index is 0.539. The summed E-state index contributed by atoms with van der Waals surface area (Å²) in [6.45, 7) is 0. The average Bonchev–Trinajstić information content (AvgIpc) is 1.59. The van der Waals surface area contributed by atoms with Gasteiger partial charge in [-0.2, -0.15) is 19.9 Å². The van der Waals surface area contributed by atoms with Gasteiger partial charge in [0.05, 0.1) is 44.1 Å². The van der Waals surface area contributed by atoms with Gasteiger partial charge in [-0.1, -0.05) is 218 Å². The Bertz CT molecular complexity index is 5750. The van der Waals surface area contributed by atoms with E-state index in [4.69, 9.17) is 29.9 Å². The van der Waals surface area contributed by atoms with Crippen LogP contribution in [0.4, 0.5) is 0 Å². The predicted octanol–water partition coefficient (Wildman–Crippen LogP) is 18.8. The summed E-state index contributed by atoms with van der Waals surface area (Å²) in [5.74, 6) is 3.47. The molecule has 0 spiro atoms. The highest BCUT2D eigenvalue weighted by Crippen LogP contribution is 2.45. The SMILES string of the molecule is c1ccc(-c2nc(-c3ccccc3)nc(-n3c4ccccc4c4c5c6ccccc6n(-c6cccc(-c7cccc(-c8nc(-c9ccccc9)nc(-n9c%10ccccc%10c%10ccc%11c(c%12ccccc%12n%11-c%11ccccc%11)c%109)n8)c7)c6)c5ccc43)n2)cc1. The van der Waals surface area contributed by atoms with Crippen molar-refractivity contribution in [3.05, 3.63) is 291 Å². The molecular formula is C78H48N10. The van der Waals surface area contributed by atoms with Gasteiger partial charge < -0.3 is 9.13 Å². The first-order valence-corrected chi connectivity index (χ1v) is 29.5. The van der Waals surface area contributed by atoms with Crippen LogP contribution < -0.4 is 0 Å². The van der Waals surface area contributed by atoms with Gasteiger partial charge in [0.25, 0.3) is 0 Å². The smallest absolute Gasteiger partial charge is 0.238 e. The van der Waals surface area contributed by atoms with Crippen molar-refractivity contribution >= 4 is 87.2 Å². The molecule has 12 aromatic carbocycles. The van der Waals surface area contributed by atoms with Crippen molar-refractivity contribution in [3.63, 3.8) is 0 Å². The van der Waals surface area contributed by atoms with Crippen LogP contribution in [0.2, 0.25) is 0 Å². The van der Waals surface area contributed by atoms with Gasteiger partial charge >= 0.3 is 0 Å². The number of benzene rings is 12. The van der Waals surface area contributed by atoms with Gasteiger partial charge in [-0.3, -0.25) is 9.13 Å². The van der Waals surface area contributed by atoms with Crippen molar-refractivity contribution in [1.29, 1.82) is 0 Å². The lowest BCUT2D eigenvalue weighted by Gasteiger charge is -2.13.